The van der Waals surface area contributed by atoms with Crippen molar-refractivity contribution in [3.05, 3.63) is 88.9 Å². The lowest BCUT2D eigenvalue weighted by Crippen LogP contribution is -2.52. The highest BCUT2D eigenvalue weighted by Crippen LogP contribution is 2.33. The molecule has 3 aromatic carbocycles. The second-order valence-corrected chi connectivity index (χ2v) is 11.4. The maximum Gasteiger partial charge on any atom is 0.264 e. The molecule has 0 radical (unpaired) electrons. The molecule has 1 N–H and O–H groups in total. The summed E-state index contributed by atoms with van der Waals surface area (Å²) in [5.74, 6) is -0.504. The lowest BCUT2D eigenvalue weighted by molar-refractivity contribution is -0.140. The van der Waals surface area contributed by atoms with Crippen molar-refractivity contribution >= 4 is 39.1 Å². The van der Waals surface area contributed by atoms with Crippen molar-refractivity contribution < 1.29 is 22.7 Å². The Morgan fingerprint density at radius 1 is 0.950 bits per heavy atom. The van der Waals surface area contributed by atoms with E-state index in [1.807, 2.05) is 45.0 Å². The summed E-state index contributed by atoms with van der Waals surface area (Å²) in [6.07, 6.45) is 0.350. The summed E-state index contributed by atoms with van der Waals surface area (Å²) < 4.78 is 34.8. The van der Waals surface area contributed by atoms with Crippen LogP contribution in [0.3, 0.4) is 0 Å². The van der Waals surface area contributed by atoms with E-state index in [9.17, 15) is 18.0 Å². The van der Waals surface area contributed by atoms with Gasteiger partial charge in [0.25, 0.3) is 10.0 Å². The van der Waals surface area contributed by atoms with Crippen LogP contribution in [0.4, 0.5) is 5.69 Å². The van der Waals surface area contributed by atoms with Gasteiger partial charge in [0, 0.05) is 18.1 Å². The Hall–Kier alpha value is -3.56. The van der Waals surface area contributed by atoms with Crippen LogP contribution in [0, 0.1) is 6.92 Å². The molecule has 0 aliphatic heterocycles. The molecule has 8 nitrogen and oxygen atoms in total. The Bertz CT molecular complexity index is 1410. The number of halogens is 1. The van der Waals surface area contributed by atoms with E-state index in [2.05, 4.69) is 5.32 Å². The number of para-hydroxylation sites is 2. The summed E-state index contributed by atoms with van der Waals surface area (Å²) in [5.41, 5.74) is 2.04. The van der Waals surface area contributed by atoms with Crippen LogP contribution in [0.1, 0.15) is 38.3 Å². The van der Waals surface area contributed by atoms with E-state index in [0.29, 0.717) is 30.3 Å². The van der Waals surface area contributed by atoms with E-state index >= 15 is 0 Å². The van der Waals surface area contributed by atoms with E-state index < -0.39 is 28.5 Å². The number of likely N-dealkylation sites (N-methyl/N-ethyl adjacent to an activating group) is 1. The van der Waals surface area contributed by atoms with Gasteiger partial charge >= 0.3 is 0 Å². The highest BCUT2D eigenvalue weighted by Gasteiger charge is 2.34. The third kappa shape index (κ3) is 7.34. The quantitative estimate of drug-likeness (QED) is 0.298. The van der Waals surface area contributed by atoms with Crippen molar-refractivity contribution in [3.8, 4) is 5.75 Å². The Labute approximate surface area is 241 Å². The van der Waals surface area contributed by atoms with Crippen molar-refractivity contribution in [1.82, 2.24) is 10.2 Å². The number of nitrogens with one attached hydrogen (secondary N) is 1. The number of aryl methyl sites for hydroxylation is 1. The van der Waals surface area contributed by atoms with Gasteiger partial charge in [0.2, 0.25) is 11.8 Å². The van der Waals surface area contributed by atoms with Gasteiger partial charge in [0.05, 0.1) is 17.2 Å². The third-order valence-corrected chi connectivity index (χ3v) is 8.48. The number of nitrogens with zero attached hydrogens (tertiary/aromatic N) is 2. The van der Waals surface area contributed by atoms with Gasteiger partial charge in [-0.2, -0.15) is 0 Å². The minimum Gasteiger partial charge on any atom is -0.492 e. The number of anilines is 1. The average molecular weight is 586 g/mol. The largest absolute Gasteiger partial charge is 0.492 e. The van der Waals surface area contributed by atoms with E-state index in [1.54, 1.807) is 31.2 Å². The molecule has 0 unspecified atom stereocenters. The van der Waals surface area contributed by atoms with Crippen molar-refractivity contribution in [1.29, 1.82) is 0 Å². The van der Waals surface area contributed by atoms with Gasteiger partial charge in [0.1, 0.15) is 18.3 Å². The molecule has 0 heterocycles. The first-order chi connectivity index (χ1) is 19.1. The molecule has 0 fully saturated rings. The summed E-state index contributed by atoms with van der Waals surface area (Å²) >= 11 is 6.02. The van der Waals surface area contributed by atoms with Crippen molar-refractivity contribution in [3.63, 3.8) is 0 Å². The molecule has 2 amide bonds. The molecule has 0 saturated heterocycles. The lowest BCUT2D eigenvalue weighted by Gasteiger charge is -2.33. The summed E-state index contributed by atoms with van der Waals surface area (Å²) in [5, 5.41) is 3.19. The van der Waals surface area contributed by atoms with Crippen molar-refractivity contribution in [2.24, 2.45) is 0 Å². The minimum absolute atomic E-state index is 0.0303. The monoisotopic (exact) mass is 585 g/mol. The molecule has 0 aliphatic rings. The second kappa shape index (κ2) is 14.2. The van der Waals surface area contributed by atoms with Crippen LogP contribution in [0.2, 0.25) is 5.02 Å². The number of hydrogen-bond acceptors (Lipinski definition) is 5. The van der Waals surface area contributed by atoms with Crippen LogP contribution in [0.5, 0.6) is 5.75 Å². The Balaban J connectivity index is 2.12. The standard InChI is InChI=1S/C30H36ClN3O5S/c1-5-26(30(36)32-6-2)33(20-23-13-9-8-12-22(23)4)29(35)21-34(27-14-10-11-15-28(27)39-7-3)40(37,38)25-18-16-24(31)17-19-25/h8-19,26H,5-7,20-21H2,1-4H3,(H,32,36)/t26-/m0/s1. The van der Waals surface area contributed by atoms with Gasteiger partial charge in [-0.05, 0) is 74.7 Å². The molecule has 214 valence electrons. The number of benzene rings is 3. The summed E-state index contributed by atoms with van der Waals surface area (Å²) in [7, 11) is -4.24. The maximum absolute atomic E-state index is 14.1. The average Bonchev–Trinajstić information content (AvgIpc) is 2.93. The molecule has 10 heteroatoms. The molecule has 1 atom stereocenters. The molecular weight excluding hydrogens is 550 g/mol. The van der Waals surface area contributed by atoms with Gasteiger partial charge < -0.3 is 15.0 Å². The van der Waals surface area contributed by atoms with E-state index in [0.717, 1.165) is 15.4 Å². The Kier molecular flexibility index (Phi) is 11.0. The Morgan fingerprint density at radius 2 is 1.60 bits per heavy atom. The predicted molar refractivity (Wildman–Crippen MR) is 158 cm³/mol. The highest BCUT2D eigenvalue weighted by atomic mass is 35.5. The number of amides is 2. The molecule has 0 aromatic heterocycles. The second-order valence-electron chi connectivity index (χ2n) is 9.13. The van der Waals surface area contributed by atoms with Crippen LogP contribution in [0.25, 0.3) is 0 Å². The van der Waals surface area contributed by atoms with Crippen molar-refractivity contribution in [2.45, 2.75) is 51.6 Å². The van der Waals surface area contributed by atoms with Gasteiger partial charge in [-0.1, -0.05) is 54.9 Å². The van der Waals surface area contributed by atoms with Crippen LogP contribution in [-0.2, 0) is 26.2 Å². The normalized spacial score (nSPS) is 11.9. The van der Waals surface area contributed by atoms with E-state index in [1.165, 1.54) is 29.2 Å². The Morgan fingerprint density at radius 3 is 2.23 bits per heavy atom. The number of hydrogen-bond donors (Lipinski definition) is 1. The molecule has 0 aliphatic carbocycles. The number of carbonyl (C=O) groups excluding carboxylic acids is 2. The van der Waals surface area contributed by atoms with Gasteiger partial charge in [-0.25, -0.2) is 8.42 Å². The van der Waals surface area contributed by atoms with Crippen LogP contribution in [-0.4, -0.2) is 50.9 Å². The fourth-order valence-corrected chi connectivity index (χ4v) is 5.92. The molecule has 3 aromatic rings. The third-order valence-electron chi connectivity index (χ3n) is 6.45. The number of sulfonamides is 1. The van der Waals surface area contributed by atoms with Crippen LogP contribution >= 0.6 is 11.6 Å². The first kappa shape index (κ1) is 31.0. The van der Waals surface area contributed by atoms with Crippen LogP contribution in [0.15, 0.2) is 77.7 Å². The highest BCUT2D eigenvalue weighted by molar-refractivity contribution is 7.92. The summed E-state index contributed by atoms with van der Waals surface area (Å²) in [6.45, 7) is 7.66. The SMILES string of the molecule is CCNC(=O)[C@H](CC)N(Cc1ccccc1C)C(=O)CN(c1ccccc1OCC)S(=O)(=O)c1ccc(Cl)cc1. The van der Waals surface area contributed by atoms with Gasteiger partial charge in [-0.15, -0.1) is 0 Å². The molecule has 40 heavy (non-hydrogen) atoms. The number of rotatable bonds is 13. The lowest BCUT2D eigenvalue weighted by atomic mass is 10.1. The summed E-state index contributed by atoms with van der Waals surface area (Å²) in [6, 6.07) is 19.2. The minimum atomic E-state index is -4.24. The fraction of sp³-hybridized carbons (Fsp3) is 0.333. The number of carbonyl (C=O) groups is 2. The van der Waals surface area contributed by atoms with E-state index in [4.69, 9.17) is 16.3 Å². The summed E-state index contributed by atoms with van der Waals surface area (Å²) in [4.78, 5) is 28.6. The zero-order valence-electron chi connectivity index (χ0n) is 23.3. The maximum atomic E-state index is 14.1. The molecular formula is C30H36ClN3O5S. The molecule has 0 bridgehead atoms. The molecule has 0 spiro atoms. The fourth-order valence-electron chi connectivity index (χ4n) is 4.37. The topological polar surface area (TPSA) is 96.0 Å². The molecule has 0 saturated carbocycles. The zero-order chi connectivity index (χ0) is 29.3. The van der Waals surface area contributed by atoms with Gasteiger partial charge in [0.15, 0.2) is 0 Å². The van der Waals surface area contributed by atoms with Crippen LogP contribution < -0.4 is 14.4 Å². The molecule has 3 rings (SSSR count). The smallest absolute Gasteiger partial charge is 0.264 e. The van der Waals surface area contributed by atoms with Crippen molar-refractivity contribution in [2.75, 3.05) is 24.0 Å². The number of ether oxygens (including phenoxy) is 1. The first-order valence-electron chi connectivity index (χ1n) is 13.3. The first-order valence-corrected chi connectivity index (χ1v) is 15.1. The van der Waals surface area contributed by atoms with E-state index in [-0.39, 0.29) is 23.0 Å². The predicted octanol–water partition coefficient (Wildman–Crippen LogP) is 5.19. The van der Waals surface area contributed by atoms with Gasteiger partial charge in [-0.3, -0.25) is 13.9 Å². The zero-order valence-corrected chi connectivity index (χ0v) is 24.8.